The number of para-hydroxylation sites is 1. The number of ether oxygens (including phenoxy) is 2. The number of carbonyl (C=O) groups excluding carboxylic acids is 2. The van der Waals surface area contributed by atoms with Gasteiger partial charge < -0.3 is 9.47 Å². The normalized spacial score (nSPS) is 11.0. The van der Waals surface area contributed by atoms with Crippen LogP contribution in [0.5, 0.6) is 11.5 Å². The Morgan fingerprint density at radius 2 is 1.62 bits per heavy atom. The van der Waals surface area contributed by atoms with Gasteiger partial charge in [-0.05, 0) is 59.0 Å². The summed E-state index contributed by atoms with van der Waals surface area (Å²) in [7, 11) is 0. The molecule has 126 valence electrons. The van der Waals surface area contributed by atoms with E-state index in [-0.39, 0.29) is 0 Å². The summed E-state index contributed by atoms with van der Waals surface area (Å²) in [5, 5.41) is 0. The van der Waals surface area contributed by atoms with Crippen LogP contribution in [0.3, 0.4) is 0 Å². The van der Waals surface area contributed by atoms with Crippen LogP contribution in [0.15, 0.2) is 48.5 Å². The zero-order valence-corrected chi connectivity index (χ0v) is 14.1. The molecule has 0 saturated carbocycles. The van der Waals surface area contributed by atoms with Crippen molar-refractivity contribution in [2.45, 2.75) is 6.18 Å². The molecule has 0 aliphatic rings. The Morgan fingerprint density at radius 1 is 1.00 bits per heavy atom. The summed E-state index contributed by atoms with van der Waals surface area (Å²) < 4.78 is 48.6. The van der Waals surface area contributed by atoms with Gasteiger partial charge in [-0.2, -0.15) is 13.2 Å². The van der Waals surface area contributed by atoms with Crippen molar-refractivity contribution in [3.8, 4) is 11.5 Å². The van der Waals surface area contributed by atoms with E-state index in [9.17, 15) is 22.8 Å². The third-order valence-electron chi connectivity index (χ3n) is 2.78. The standard InChI is InChI=1S/C16H10F3IO4/c17-16(18,19)15(22)12-3-1-2-4-13(12)24-14(21)9-23-11-7-5-10(20)6-8-11/h1-8H,9H2. The number of rotatable bonds is 5. The molecule has 2 aromatic carbocycles. The number of hydrogen-bond donors (Lipinski definition) is 0. The lowest BCUT2D eigenvalue weighted by molar-refractivity contribution is -0.136. The molecule has 0 unspecified atom stereocenters. The van der Waals surface area contributed by atoms with Crippen molar-refractivity contribution >= 4 is 34.3 Å². The van der Waals surface area contributed by atoms with E-state index in [1.807, 2.05) is 0 Å². The predicted octanol–water partition coefficient (Wildman–Crippen LogP) is 4.02. The van der Waals surface area contributed by atoms with E-state index in [1.54, 1.807) is 24.3 Å². The Bertz CT molecular complexity index is 742. The molecule has 0 bridgehead atoms. The molecular weight excluding hydrogens is 440 g/mol. The van der Waals surface area contributed by atoms with Crippen LogP contribution in [-0.2, 0) is 4.79 Å². The quantitative estimate of drug-likeness (QED) is 0.299. The minimum Gasteiger partial charge on any atom is -0.482 e. The highest BCUT2D eigenvalue weighted by Gasteiger charge is 2.40. The molecule has 0 aromatic heterocycles. The molecule has 0 N–H and O–H groups in total. The van der Waals surface area contributed by atoms with Crippen molar-refractivity contribution in [3.05, 3.63) is 57.7 Å². The van der Waals surface area contributed by atoms with Gasteiger partial charge in [-0.25, -0.2) is 4.79 Å². The second-order valence-electron chi connectivity index (χ2n) is 4.54. The molecule has 0 aliphatic heterocycles. The van der Waals surface area contributed by atoms with Crippen LogP contribution >= 0.6 is 22.6 Å². The highest BCUT2D eigenvalue weighted by Crippen LogP contribution is 2.27. The van der Waals surface area contributed by atoms with Gasteiger partial charge >= 0.3 is 12.1 Å². The molecular formula is C16H10F3IO4. The number of ketones is 1. The van der Waals surface area contributed by atoms with Gasteiger partial charge in [0.1, 0.15) is 11.5 Å². The van der Waals surface area contributed by atoms with Crippen molar-refractivity contribution in [1.29, 1.82) is 0 Å². The monoisotopic (exact) mass is 450 g/mol. The Hall–Kier alpha value is -2.10. The maximum Gasteiger partial charge on any atom is 0.455 e. The van der Waals surface area contributed by atoms with Gasteiger partial charge in [0, 0.05) is 3.57 Å². The SMILES string of the molecule is O=C(COc1ccc(I)cc1)Oc1ccccc1C(=O)C(F)(F)F. The van der Waals surface area contributed by atoms with Gasteiger partial charge in [-0.1, -0.05) is 12.1 Å². The number of esters is 1. The lowest BCUT2D eigenvalue weighted by Gasteiger charge is -2.11. The largest absolute Gasteiger partial charge is 0.482 e. The first kappa shape index (κ1) is 18.2. The summed E-state index contributed by atoms with van der Waals surface area (Å²) in [5.74, 6) is -3.05. The molecule has 0 saturated heterocycles. The van der Waals surface area contributed by atoms with E-state index in [0.717, 1.165) is 15.7 Å². The van der Waals surface area contributed by atoms with Gasteiger partial charge in [0.15, 0.2) is 6.61 Å². The summed E-state index contributed by atoms with van der Waals surface area (Å²) in [6.45, 7) is -0.505. The Balaban J connectivity index is 2.04. The minimum absolute atomic E-state index is 0.409. The van der Waals surface area contributed by atoms with Crippen molar-refractivity contribution < 1.29 is 32.2 Å². The first-order chi connectivity index (χ1) is 11.3. The lowest BCUT2D eigenvalue weighted by Crippen LogP contribution is -2.25. The van der Waals surface area contributed by atoms with Crippen LogP contribution in [0.25, 0.3) is 0 Å². The van der Waals surface area contributed by atoms with E-state index in [2.05, 4.69) is 22.6 Å². The van der Waals surface area contributed by atoms with Crippen LogP contribution in [0.1, 0.15) is 10.4 Å². The Labute approximate surface area is 148 Å². The molecule has 4 nitrogen and oxygen atoms in total. The zero-order chi connectivity index (χ0) is 17.7. The molecule has 0 atom stereocenters. The second-order valence-corrected chi connectivity index (χ2v) is 5.79. The molecule has 24 heavy (non-hydrogen) atoms. The molecule has 0 aliphatic carbocycles. The predicted molar refractivity (Wildman–Crippen MR) is 87.1 cm³/mol. The van der Waals surface area contributed by atoms with E-state index in [4.69, 9.17) is 9.47 Å². The maximum atomic E-state index is 12.5. The van der Waals surface area contributed by atoms with Gasteiger partial charge in [0.05, 0.1) is 5.56 Å². The minimum atomic E-state index is -5.06. The number of carbonyl (C=O) groups is 2. The van der Waals surface area contributed by atoms with E-state index in [1.165, 1.54) is 12.1 Å². The number of Topliss-reactive ketones (excluding diaryl/α,β-unsaturated/α-hetero) is 1. The van der Waals surface area contributed by atoms with Gasteiger partial charge in [-0.15, -0.1) is 0 Å². The molecule has 2 rings (SSSR count). The smallest absolute Gasteiger partial charge is 0.455 e. The Morgan fingerprint density at radius 3 is 2.25 bits per heavy atom. The molecule has 8 heteroatoms. The average Bonchev–Trinajstić information content (AvgIpc) is 2.53. The zero-order valence-electron chi connectivity index (χ0n) is 12.0. The van der Waals surface area contributed by atoms with Crippen LogP contribution in [0.4, 0.5) is 13.2 Å². The fraction of sp³-hybridized carbons (Fsp3) is 0.125. The van der Waals surface area contributed by atoms with Crippen molar-refractivity contribution in [2.24, 2.45) is 0 Å². The van der Waals surface area contributed by atoms with Gasteiger partial charge in [-0.3, -0.25) is 4.79 Å². The summed E-state index contributed by atoms with van der Waals surface area (Å²) in [6, 6.07) is 11.5. The summed E-state index contributed by atoms with van der Waals surface area (Å²) in [6.07, 6.45) is -5.06. The molecule has 0 heterocycles. The fourth-order valence-electron chi connectivity index (χ4n) is 1.72. The highest BCUT2D eigenvalue weighted by atomic mass is 127. The third kappa shape index (κ3) is 4.95. The van der Waals surface area contributed by atoms with Crippen LogP contribution in [0.2, 0.25) is 0 Å². The molecule has 0 spiro atoms. The summed E-state index contributed by atoms with van der Waals surface area (Å²) in [4.78, 5) is 23.1. The second kappa shape index (κ2) is 7.65. The molecule has 0 radical (unpaired) electrons. The summed E-state index contributed by atoms with van der Waals surface area (Å²) >= 11 is 2.10. The van der Waals surface area contributed by atoms with E-state index < -0.39 is 35.8 Å². The summed E-state index contributed by atoms with van der Waals surface area (Å²) in [5.41, 5.74) is -0.729. The van der Waals surface area contributed by atoms with E-state index >= 15 is 0 Å². The number of halogens is 4. The number of benzene rings is 2. The number of alkyl halides is 3. The first-order valence-corrected chi connectivity index (χ1v) is 7.65. The van der Waals surface area contributed by atoms with Crippen LogP contribution < -0.4 is 9.47 Å². The Kier molecular flexibility index (Phi) is 5.81. The van der Waals surface area contributed by atoms with Crippen LogP contribution in [-0.4, -0.2) is 24.5 Å². The molecule has 0 fully saturated rings. The van der Waals surface area contributed by atoms with Gasteiger partial charge in [0.25, 0.3) is 5.78 Å². The molecule has 0 amide bonds. The highest BCUT2D eigenvalue weighted by molar-refractivity contribution is 14.1. The van der Waals surface area contributed by atoms with Crippen molar-refractivity contribution in [1.82, 2.24) is 0 Å². The number of hydrogen-bond acceptors (Lipinski definition) is 4. The van der Waals surface area contributed by atoms with Crippen molar-refractivity contribution in [2.75, 3.05) is 6.61 Å². The fourth-order valence-corrected chi connectivity index (χ4v) is 2.08. The third-order valence-corrected chi connectivity index (χ3v) is 3.50. The topological polar surface area (TPSA) is 52.6 Å². The average molecular weight is 450 g/mol. The van der Waals surface area contributed by atoms with E-state index in [0.29, 0.717) is 5.75 Å². The van der Waals surface area contributed by atoms with Gasteiger partial charge in [0.2, 0.25) is 0 Å². The molecule has 2 aromatic rings. The van der Waals surface area contributed by atoms with Crippen LogP contribution in [0, 0.1) is 3.57 Å². The maximum absolute atomic E-state index is 12.5. The lowest BCUT2D eigenvalue weighted by atomic mass is 10.1. The van der Waals surface area contributed by atoms with Crippen molar-refractivity contribution in [3.63, 3.8) is 0 Å². The first-order valence-electron chi connectivity index (χ1n) is 6.57.